The first-order valence-corrected chi connectivity index (χ1v) is 6.76. The predicted octanol–water partition coefficient (Wildman–Crippen LogP) is 4.23. The Morgan fingerprint density at radius 2 is 1.68 bits per heavy atom. The highest BCUT2D eigenvalue weighted by Gasteiger charge is 2.30. The smallest absolute Gasteiger partial charge is 0.259 e. The molecule has 0 bridgehead atoms. The average Bonchev–Trinajstić information content (AvgIpc) is 2.24. The van der Waals surface area contributed by atoms with Crippen molar-refractivity contribution < 1.29 is 13.6 Å². The van der Waals surface area contributed by atoms with Crippen LogP contribution < -0.4 is 0 Å². The van der Waals surface area contributed by atoms with Crippen LogP contribution in [-0.2, 0) is 0 Å². The Morgan fingerprint density at radius 3 is 2.05 bits per heavy atom. The quantitative estimate of drug-likeness (QED) is 0.792. The van der Waals surface area contributed by atoms with E-state index in [4.69, 9.17) is 0 Å². The molecule has 0 spiro atoms. The molecule has 0 saturated carbocycles. The summed E-state index contributed by atoms with van der Waals surface area (Å²) in [5.74, 6) is -2.36. The minimum Gasteiger partial charge on any atom is -0.338 e. The monoisotopic (exact) mass is 333 g/mol. The van der Waals surface area contributed by atoms with Crippen LogP contribution in [0.1, 0.15) is 38.1 Å². The third-order valence-corrected chi connectivity index (χ3v) is 3.83. The molecule has 5 heteroatoms. The molecule has 0 aliphatic carbocycles. The fourth-order valence-electron chi connectivity index (χ4n) is 1.68. The van der Waals surface area contributed by atoms with Crippen molar-refractivity contribution in [2.24, 2.45) is 5.41 Å². The van der Waals surface area contributed by atoms with E-state index in [2.05, 4.69) is 15.9 Å². The first-order valence-electron chi connectivity index (χ1n) is 5.97. The number of amides is 1. The molecule has 0 heterocycles. The Balaban J connectivity index is 3.15. The van der Waals surface area contributed by atoms with Gasteiger partial charge in [0.05, 0.1) is 0 Å². The molecule has 106 valence electrons. The van der Waals surface area contributed by atoms with Crippen LogP contribution in [0.5, 0.6) is 0 Å². The summed E-state index contributed by atoms with van der Waals surface area (Å²) >= 11 is 2.99. The molecule has 1 aromatic carbocycles. The number of halogens is 3. The normalized spacial score (nSPS) is 13.3. The molecule has 0 aliphatic rings. The zero-order valence-corrected chi connectivity index (χ0v) is 13.3. The molecule has 1 unspecified atom stereocenters. The van der Waals surface area contributed by atoms with E-state index in [-0.39, 0.29) is 15.9 Å². The summed E-state index contributed by atoms with van der Waals surface area (Å²) in [6.07, 6.45) is 0. The minimum atomic E-state index is -0.857. The molecule has 0 aromatic heterocycles. The van der Waals surface area contributed by atoms with Crippen LogP contribution in [0.2, 0.25) is 0 Å². The highest BCUT2D eigenvalue weighted by molar-refractivity contribution is 9.10. The molecular formula is C14H18BrF2NO. The van der Waals surface area contributed by atoms with E-state index in [0.29, 0.717) is 0 Å². The summed E-state index contributed by atoms with van der Waals surface area (Å²) in [5.41, 5.74) is -0.686. The molecule has 1 aromatic rings. The Morgan fingerprint density at radius 1 is 1.26 bits per heavy atom. The molecule has 0 fully saturated rings. The molecule has 1 amide bonds. The van der Waals surface area contributed by atoms with Gasteiger partial charge in [-0.3, -0.25) is 4.79 Å². The van der Waals surface area contributed by atoms with Gasteiger partial charge >= 0.3 is 0 Å². The van der Waals surface area contributed by atoms with E-state index in [1.165, 1.54) is 4.90 Å². The maximum atomic E-state index is 13.8. The Bertz CT molecular complexity index is 474. The van der Waals surface area contributed by atoms with Crippen LogP contribution in [-0.4, -0.2) is 23.9 Å². The van der Waals surface area contributed by atoms with Gasteiger partial charge in [0.15, 0.2) is 0 Å². The Labute approximate surface area is 120 Å². The van der Waals surface area contributed by atoms with E-state index in [1.807, 2.05) is 27.7 Å². The van der Waals surface area contributed by atoms with Gasteiger partial charge in [-0.2, -0.15) is 0 Å². The van der Waals surface area contributed by atoms with Crippen LogP contribution in [0.4, 0.5) is 8.78 Å². The van der Waals surface area contributed by atoms with Crippen molar-refractivity contribution in [3.05, 3.63) is 33.8 Å². The van der Waals surface area contributed by atoms with E-state index in [1.54, 1.807) is 7.05 Å². The predicted molar refractivity (Wildman–Crippen MR) is 75.1 cm³/mol. The molecule has 0 saturated heterocycles. The van der Waals surface area contributed by atoms with E-state index in [9.17, 15) is 13.6 Å². The Kier molecular flexibility index (Phi) is 4.72. The molecule has 0 N–H and O–H groups in total. The summed E-state index contributed by atoms with van der Waals surface area (Å²) in [4.78, 5) is 13.6. The lowest BCUT2D eigenvalue weighted by molar-refractivity contribution is 0.0619. The van der Waals surface area contributed by atoms with Crippen molar-refractivity contribution in [2.75, 3.05) is 7.05 Å². The highest BCUT2D eigenvalue weighted by Crippen LogP contribution is 2.26. The van der Waals surface area contributed by atoms with Crippen LogP contribution >= 0.6 is 15.9 Å². The number of hydrogen-bond donors (Lipinski definition) is 0. The SMILES string of the molecule is CC(N(C)C(=O)c1c(F)cc(Br)cc1F)C(C)(C)C. The summed E-state index contributed by atoms with van der Waals surface area (Å²) < 4.78 is 27.8. The van der Waals surface area contributed by atoms with Gasteiger partial charge in [-0.05, 0) is 24.5 Å². The zero-order valence-electron chi connectivity index (χ0n) is 11.7. The maximum absolute atomic E-state index is 13.8. The largest absolute Gasteiger partial charge is 0.338 e. The summed E-state index contributed by atoms with van der Waals surface area (Å²) in [7, 11) is 1.55. The van der Waals surface area contributed by atoms with Gasteiger partial charge in [0.1, 0.15) is 17.2 Å². The van der Waals surface area contributed by atoms with Crippen molar-refractivity contribution in [2.45, 2.75) is 33.7 Å². The molecule has 2 nitrogen and oxygen atoms in total. The summed E-state index contributed by atoms with van der Waals surface area (Å²) in [5, 5.41) is 0. The van der Waals surface area contributed by atoms with Crippen LogP contribution in [0.15, 0.2) is 16.6 Å². The molecule has 0 radical (unpaired) electrons. The topological polar surface area (TPSA) is 20.3 Å². The molecular weight excluding hydrogens is 316 g/mol. The fraction of sp³-hybridized carbons (Fsp3) is 0.500. The zero-order chi connectivity index (χ0) is 15.0. The van der Waals surface area contributed by atoms with Crippen LogP contribution in [0.25, 0.3) is 0 Å². The number of rotatable bonds is 2. The standard InChI is InChI=1S/C14H18BrF2NO/c1-8(14(2,3)4)18(5)13(19)12-10(16)6-9(15)7-11(12)17/h6-8H,1-5H3. The number of carbonyl (C=O) groups excluding carboxylic acids is 1. The van der Waals surface area contributed by atoms with E-state index >= 15 is 0 Å². The lowest BCUT2D eigenvalue weighted by Crippen LogP contribution is -2.43. The van der Waals surface area contributed by atoms with Gasteiger partial charge in [-0.25, -0.2) is 8.78 Å². The van der Waals surface area contributed by atoms with Gasteiger partial charge in [-0.15, -0.1) is 0 Å². The van der Waals surface area contributed by atoms with Gasteiger partial charge in [0.2, 0.25) is 0 Å². The average molecular weight is 334 g/mol. The van der Waals surface area contributed by atoms with Gasteiger partial charge in [-0.1, -0.05) is 36.7 Å². The second kappa shape index (κ2) is 5.57. The van der Waals surface area contributed by atoms with Crippen LogP contribution in [0, 0.1) is 17.0 Å². The first-order chi connectivity index (χ1) is 8.55. The second-order valence-corrected chi connectivity index (χ2v) is 6.62. The molecule has 19 heavy (non-hydrogen) atoms. The second-order valence-electron chi connectivity index (χ2n) is 5.70. The van der Waals surface area contributed by atoms with Crippen molar-refractivity contribution in [3.63, 3.8) is 0 Å². The third-order valence-electron chi connectivity index (χ3n) is 3.38. The summed E-state index contributed by atoms with van der Waals surface area (Å²) in [6, 6.07) is 2.03. The van der Waals surface area contributed by atoms with Gasteiger partial charge in [0, 0.05) is 17.6 Å². The number of nitrogens with zero attached hydrogens (tertiary/aromatic N) is 1. The maximum Gasteiger partial charge on any atom is 0.259 e. The molecule has 1 rings (SSSR count). The Hall–Kier alpha value is -0.970. The van der Waals surface area contributed by atoms with Crippen molar-refractivity contribution in [1.82, 2.24) is 4.90 Å². The number of hydrogen-bond acceptors (Lipinski definition) is 1. The van der Waals surface area contributed by atoms with Crippen LogP contribution in [0.3, 0.4) is 0 Å². The lowest BCUT2D eigenvalue weighted by atomic mass is 9.87. The number of carbonyl (C=O) groups is 1. The molecule has 1 atom stereocenters. The minimum absolute atomic E-state index is 0.151. The number of benzene rings is 1. The van der Waals surface area contributed by atoms with E-state index < -0.39 is 23.1 Å². The van der Waals surface area contributed by atoms with Gasteiger partial charge in [0.25, 0.3) is 5.91 Å². The lowest BCUT2D eigenvalue weighted by Gasteiger charge is -2.35. The van der Waals surface area contributed by atoms with Crippen molar-refractivity contribution >= 4 is 21.8 Å². The summed E-state index contributed by atoms with van der Waals surface area (Å²) in [6.45, 7) is 7.76. The first kappa shape index (κ1) is 16.1. The fourth-order valence-corrected chi connectivity index (χ4v) is 2.08. The highest BCUT2D eigenvalue weighted by atomic mass is 79.9. The molecule has 0 aliphatic heterocycles. The van der Waals surface area contributed by atoms with Gasteiger partial charge < -0.3 is 4.90 Å². The van der Waals surface area contributed by atoms with Crippen molar-refractivity contribution in [1.29, 1.82) is 0 Å². The van der Waals surface area contributed by atoms with E-state index in [0.717, 1.165) is 12.1 Å². The third kappa shape index (κ3) is 3.53. The van der Waals surface area contributed by atoms with Crippen molar-refractivity contribution in [3.8, 4) is 0 Å².